The standard InChI is InChI=1S/C32H39ClFNO3/c1-22-18-24(13-14-26(22)30(36)38-31(2,3)4)27-11-8-7-10-25(27)21-37-17-9-16-35-32(5,6)20-23-12-15-28(33)29(34)19-23/h7-8,10-15,18-19,35H,9,16-17,20-21H2,1-6H3. The highest BCUT2D eigenvalue weighted by atomic mass is 35.5. The van der Waals surface area contributed by atoms with E-state index in [-0.39, 0.29) is 22.3 Å². The van der Waals surface area contributed by atoms with E-state index in [4.69, 9.17) is 21.1 Å². The summed E-state index contributed by atoms with van der Waals surface area (Å²) in [4.78, 5) is 12.5. The molecule has 4 nitrogen and oxygen atoms in total. The van der Waals surface area contributed by atoms with Gasteiger partial charge in [0.05, 0.1) is 17.2 Å². The number of esters is 1. The fourth-order valence-electron chi connectivity index (χ4n) is 4.33. The number of ether oxygens (including phenoxy) is 2. The summed E-state index contributed by atoms with van der Waals surface area (Å²) in [6.45, 7) is 13.6. The Bertz CT molecular complexity index is 1250. The second-order valence-corrected chi connectivity index (χ2v) is 11.7. The van der Waals surface area contributed by atoms with E-state index in [1.807, 2.05) is 64.1 Å². The lowest BCUT2D eigenvalue weighted by atomic mass is 9.95. The van der Waals surface area contributed by atoms with E-state index in [9.17, 15) is 9.18 Å². The van der Waals surface area contributed by atoms with Crippen LogP contribution in [-0.2, 0) is 22.5 Å². The van der Waals surface area contributed by atoms with E-state index >= 15 is 0 Å². The van der Waals surface area contributed by atoms with Crippen LogP contribution in [0.2, 0.25) is 5.02 Å². The van der Waals surface area contributed by atoms with Crippen molar-refractivity contribution in [3.05, 3.63) is 93.8 Å². The molecule has 3 aromatic rings. The van der Waals surface area contributed by atoms with Crippen LogP contribution in [0.1, 0.15) is 68.1 Å². The molecule has 6 heteroatoms. The van der Waals surface area contributed by atoms with Gasteiger partial charge in [-0.05, 0) is 107 Å². The Balaban J connectivity index is 1.52. The Kier molecular flexibility index (Phi) is 10.1. The molecule has 38 heavy (non-hydrogen) atoms. The average molecular weight is 540 g/mol. The minimum absolute atomic E-state index is 0.145. The van der Waals surface area contributed by atoms with Crippen LogP contribution in [0.4, 0.5) is 4.39 Å². The van der Waals surface area contributed by atoms with Crippen molar-refractivity contribution in [2.45, 2.75) is 72.1 Å². The summed E-state index contributed by atoms with van der Waals surface area (Å²) in [6.07, 6.45) is 1.55. The van der Waals surface area contributed by atoms with E-state index < -0.39 is 5.60 Å². The molecular formula is C32H39ClFNO3. The molecule has 0 heterocycles. The molecule has 0 unspecified atom stereocenters. The molecule has 3 rings (SSSR count). The Morgan fingerprint density at radius 2 is 1.74 bits per heavy atom. The average Bonchev–Trinajstić information content (AvgIpc) is 2.82. The smallest absolute Gasteiger partial charge is 0.338 e. The van der Waals surface area contributed by atoms with Crippen molar-refractivity contribution in [2.24, 2.45) is 0 Å². The minimum Gasteiger partial charge on any atom is -0.456 e. The van der Waals surface area contributed by atoms with Gasteiger partial charge in [0.25, 0.3) is 0 Å². The molecule has 0 radical (unpaired) electrons. The van der Waals surface area contributed by atoms with Gasteiger partial charge in [0.1, 0.15) is 11.4 Å². The summed E-state index contributed by atoms with van der Waals surface area (Å²) in [5, 5.41) is 3.68. The van der Waals surface area contributed by atoms with Gasteiger partial charge in [0, 0.05) is 12.1 Å². The van der Waals surface area contributed by atoms with Crippen LogP contribution in [0.25, 0.3) is 11.1 Å². The lowest BCUT2D eigenvalue weighted by Crippen LogP contribution is -2.42. The predicted molar refractivity (Wildman–Crippen MR) is 153 cm³/mol. The fourth-order valence-corrected chi connectivity index (χ4v) is 4.44. The van der Waals surface area contributed by atoms with E-state index in [0.717, 1.165) is 40.8 Å². The van der Waals surface area contributed by atoms with Gasteiger partial charge in [0.2, 0.25) is 0 Å². The van der Waals surface area contributed by atoms with Crippen molar-refractivity contribution in [1.29, 1.82) is 0 Å². The van der Waals surface area contributed by atoms with Crippen molar-refractivity contribution >= 4 is 17.6 Å². The lowest BCUT2D eigenvalue weighted by Gasteiger charge is -2.26. The molecule has 204 valence electrons. The molecule has 0 aliphatic heterocycles. The SMILES string of the molecule is Cc1cc(-c2ccccc2COCCCNC(C)(C)Cc2ccc(Cl)c(F)c2)ccc1C(=O)OC(C)(C)C. The molecule has 0 amide bonds. The number of aryl methyl sites for hydroxylation is 1. The van der Waals surface area contributed by atoms with E-state index in [2.05, 4.69) is 31.3 Å². The molecule has 0 atom stereocenters. The van der Waals surface area contributed by atoms with Crippen molar-refractivity contribution in [1.82, 2.24) is 5.32 Å². The third kappa shape index (κ3) is 8.93. The van der Waals surface area contributed by atoms with Crippen molar-refractivity contribution in [3.63, 3.8) is 0 Å². The van der Waals surface area contributed by atoms with Crippen molar-refractivity contribution in [2.75, 3.05) is 13.2 Å². The molecule has 0 aliphatic rings. The van der Waals surface area contributed by atoms with Gasteiger partial charge in [-0.2, -0.15) is 0 Å². The van der Waals surface area contributed by atoms with E-state index in [1.165, 1.54) is 6.07 Å². The number of halogens is 2. The first kappa shape index (κ1) is 29.8. The van der Waals surface area contributed by atoms with Gasteiger partial charge in [-0.1, -0.05) is 54.1 Å². The highest BCUT2D eigenvalue weighted by Gasteiger charge is 2.20. The van der Waals surface area contributed by atoms with Crippen LogP contribution >= 0.6 is 11.6 Å². The highest BCUT2D eigenvalue weighted by molar-refractivity contribution is 6.30. The molecular weight excluding hydrogens is 501 g/mol. The van der Waals surface area contributed by atoms with Gasteiger partial charge < -0.3 is 14.8 Å². The first-order valence-electron chi connectivity index (χ1n) is 13.0. The molecule has 0 saturated carbocycles. The topological polar surface area (TPSA) is 47.6 Å². The normalized spacial score (nSPS) is 12.0. The van der Waals surface area contributed by atoms with Gasteiger partial charge in [-0.3, -0.25) is 0 Å². The number of benzene rings is 3. The molecule has 1 N–H and O–H groups in total. The predicted octanol–water partition coefficient (Wildman–Crippen LogP) is 7.93. The lowest BCUT2D eigenvalue weighted by molar-refractivity contribution is 0.00687. The molecule has 0 aliphatic carbocycles. The Labute approximate surface area is 231 Å². The van der Waals surface area contributed by atoms with Gasteiger partial charge in [-0.25, -0.2) is 9.18 Å². The first-order valence-corrected chi connectivity index (χ1v) is 13.4. The van der Waals surface area contributed by atoms with Crippen LogP contribution in [0.5, 0.6) is 0 Å². The zero-order chi connectivity index (χ0) is 27.9. The zero-order valence-electron chi connectivity index (χ0n) is 23.3. The molecule has 0 bridgehead atoms. The molecule has 0 spiro atoms. The second kappa shape index (κ2) is 12.9. The quantitative estimate of drug-likeness (QED) is 0.198. The molecule has 0 fully saturated rings. The number of carbonyl (C=O) groups is 1. The second-order valence-electron chi connectivity index (χ2n) is 11.3. The highest BCUT2D eigenvalue weighted by Crippen LogP contribution is 2.27. The fraction of sp³-hybridized carbons (Fsp3) is 0.406. The van der Waals surface area contributed by atoms with Gasteiger partial charge in [-0.15, -0.1) is 0 Å². The Hall–Kier alpha value is -2.73. The number of nitrogens with one attached hydrogen (secondary N) is 1. The summed E-state index contributed by atoms with van der Waals surface area (Å²) in [6, 6.07) is 18.9. The van der Waals surface area contributed by atoms with Crippen LogP contribution in [-0.4, -0.2) is 30.3 Å². The van der Waals surface area contributed by atoms with E-state index in [0.29, 0.717) is 25.2 Å². The third-order valence-corrected chi connectivity index (χ3v) is 6.44. The number of hydrogen-bond donors (Lipinski definition) is 1. The van der Waals surface area contributed by atoms with Crippen molar-refractivity contribution < 1.29 is 18.7 Å². The summed E-state index contributed by atoms with van der Waals surface area (Å²) in [7, 11) is 0. The summed E-state index contributed by atoms with van der Waals surface area (Å²) in [5.74, 6) is -0.696. The van der Waals surface area contributed by atoms with Crippen LogP contribution in [0.15, 0.2) is 60.7 Å². The largest absolute Gasteiger partial charge is 0.456 e. The monoisotopic (exact) mass is 539 g/mol. The maximum atomic E-state index is 13.8. The van der Waals surface area contributed by atoms with Gasteiger partial charge in [0.15, 0.2) is 0 Å². The van der Waals surface area contributed by atoms with Crippen molar-refractivity contribution in [3.8, 4) is 11.1 Å². The van der Waals surface area contributed by atoms with Crippen LogP contribution in [0, 0.1) is 12.7 Å². The summed E-state index contributed by atoms with van der Waals surface area (Å²) < 4.78 is 25.3. The molecule has 0 saturated heterocycles. The number of hydrogen-bond acceptors (Lipinski definition) is 4. The Morgan fingerprint density at radius 1 is 1.00 bits per heavy atom. The van der Waals surface area contributed by atoms with Gasteiger partial charge >= 0.3 is 5.97 Å². The summed E-state index contributed by atoms with van der Waals surface area (Å²) in [5.41, 5.74) is 4.86. The number of carbonyl (C=O) groups excluding carboxylic acids is 1. The van der Waals surface area contributed by atoms with E-state index in [1.54, 1.807) is 6.07 Å². The zero-order valence-corrected chi connectivity index (χ0v) is 24.0. The third-order valence-electron chi connectivity index (χ3n) is 6.13. The Morgan fingerprint density at radius 3 is 2.42 bits per heavy atom. The number of rotatable bonds is 11. The maximum Gasteiger partial charge on any atom is 0.338 e. The minimum atomic E-state index is -0.534. The van der Waals surface area contributed by atoms with Crippen LogP contribution in [0.3, 0.4) is 0 Å². The molecule has 0 aromatic heterocycles. The summed E-state index contributed by atoms with van der Waals surface area (Å²) >= 11 is 5.79. The maximum absolute atomic E-state index is 13.8. The molecule has 3 aromatic carbocycles. The first-order chi connectivity index (χ1) is 17.8. The van der Waals surface area contributed by atoms with Crippen LogP contribution < -0.4 is 5.32 Å².